The molecule has 0 bridgehead atoms. The number of rotatable bonds is 11. The fraction of sp³-hybridized carbons (Fsp3) is 0.467. The lowest BCUT2D eigenvalue weighted by atomic mass is 9.99. The minimum absolute atomic E-state index is 0.292. The van der Waals surface area contributed by atoms with Gasteiger partial charge >= 0.3 is 0 Å². The van der Waals surface area contributed by atoms with Crippen molar-refractivity contribution in [2.75, 3.05) is 25.1 Å². The maximum atomic E-state index is 6.46. The highest BCUT2D eigenvalue weighted by Gasteiger charge is 2.17. The van der Waals surface area contributed by atoms with Gasteiger partial charge in [0.15, 0.2) is 0 Å². The van der Waals surface area contributed by atoms with Gasteiger partial charge in [-0.3, -0.25) is 4.90 Å². The average molecular weight is 491 g/mol. The Balaban J connectivity index is 1.80. The van der Waals surface area contributed by atoms with Crippen LogP contribution in [-0.2, 0) is 19.4 Å². The number of aryl methyl sites for hydroxylation is 1. The molecule has 1 saturated heterocycles. The van der Waals surface area contributed by atoms with Crippen LogP contribution in [0.4, 0.5) is 11.5 Å². The van der Waals surface area contributed by atoms with Gasteiger partial charge in [-0.2, -0.15) is 0 Å². The normalized spacial score (nSPS) is 15.7. The lowest BCUT2D eigenvalue weighted by Gasteiger charge is -2.18. The molecule has 35 heavy (non-hydrogen) atoms. The smallest absolute Gasteiger partial charge is 0.149 e. The van der Waals surface area contributed by atoms with Crippen molar-refractivity contribution in [3.8, 4) is 0 Å². The molecule has 1 aliphatic rings. The Hall–Kier alpha value is -2.37. The van der Waals surface area contributed by atoms with Gasteiger partial charge < -0.3 is 5.73 Å². The number of anilines is 1. The Morgan fingerprint density at radius 2 is 1.91 bits per heavy atom. The highest BCUT2D eigenvalue weighted by molar-refractivity contribution is 8.13. The summed E-state index contributed by atoms with van der Waals surface area (Å²) in [6.45, 7) is 13.9. The highest BCUT2D eigenvalue weighted by atomic mass is 32.2. The maximum Gasteiger partial charge on any atom is 0.149 e. The zero-order chi connectivity index (χ0) is 25.2. The third-order valence-electron chi connectivity index (χ3n) is 6.76. The highest BCUT2D eigenvalue weighted by Crippen LogP contribution is 2.33. The predicted octanol–water partition coefficient (Wildman–Crippen LogP) is 7.38. The van der Waals surface area contributed by atoms with Crippen molar-refractivity contribution in [3.63, 3.8) is 0 Å². The molecule has 1 atom stereocenters. The molecule has 3 rings (SSSR count). The van der Waals surface area contributed by atoms with E-state index in [0.717, 1.165) is 59.8 Å². The third-order valence-corrected chi connectivity index (χ3v) is 7.67. The van der Waals surface area contributed by atoms with Crippen LogP contribution < -0.4 is 5.73 Å². The molecular weight excluding hydrogens is 448 g/mol. The summed E-state index contributed by atoms with van der Waals surface area (Å²) < 4.78 is 0. The Bertz CT molecular complexity index is 1030. The molecule has 0 radical (unpaired) electrons. The van der Waals surface area contributed by atoms with Crippen LogP contribution in [0.1, 0.15) is 67.5 Å². The third kappa shape index (κ3) is 7.55. The summed E-state index contributed by atoms with van der Waals surface area (Å²) in [5.74, 6) is 0.814. The Kier molecular flexibility index (Phi) is 10.6. The number of hydrogen-bond donors (Lipinski definition) is 1. The summed E-state index contributed by atoms with van der Waals surface area (Å²) in [6, 6.07) is 9.13. The Morgan fingerprint density at radius 1 is 1.23 bits per heavy atom. The van der Waals surface area contributed by atoms with Crippen LogP contribution in [0.15, 0.2) is 48.0 Å². The second-order valence-electron chi connectivity index (χ2n) is 9.59. The first-order valence-corrected chi connectivity index (χ1v) is 14.2. The first-order valence-electron chi connectivity index (χ1n) is 13.0. The first kappa shape index (κ1) is 27.2. The minimum Gasteiger partial charge on any atom is -0.382 e. The zero-order valence-corrected chi connectivity index (χ0v) is 22.8. The summed E-state index contributed by atoms with van der Waals surface area (Å²) in [4.78, 5) is 12.4. The maximum absolute atomic E-state index is 6.46. The molecule has 2 N–H and O–H groups in total. The van der Waals surface area contributed by atoms with Gasteiger partial charge in [0.05, 0.1) is 10.7 Å². The van der Waals surface area contributed by atoms with Gasteiger partial charge in [0.2, 0.25) is 0 Å². The van der Waals surface area contributed by atoms with Crippen molar-refractivity contribution in [1.29, 1.82) is 0 Å². The molecular formula is C30H42N4S. The number of unbranched alkanes of at least 4 members (excludes halogenated alkanes) is 1. The van der Waals surface area contributed by atoms with Gasteiger partial charge in [-0.1, -0.05) is 69.3 Å². The quantitative estimate of drug-likeness (QED) is 0.203. The predicted molar refractivity (Wildman–Crippen MR) is 156 cm³/mol. The molecule has 188 valence electrons. The Labute approximate surface area is 216 Å². The summed E-state index contributed by atoms with van der Waals surface area (Å²) in [6.07, 6.45) is 14.7. The van der Waals surface area contributed by atoms with Gasteiger partial charge in [-0.05, 0) is 75.1 Å². The lowest BCUT2D eigenvalue weighted by molar-refractivity contribution is 0.331. The molecule has 0 spiro atoms. The molecule has 1 fully saturated rings. The number of thioether (sulfide) groups is 1. The van der Waals surface area contributed by atoms with E-state index >= 15 is 0 Å². The van der Waals surface area contributed by atoms with E-state index in [1.807, 2.05) is 6.08 Å². The number of likely N-dealkylation sites (tertiary alicyclic amines) is 1. The van der Waals surface area contributed by atoms with Crippen molar-refractivity contribution < 1.29 is 0 Å². The van der Waals surface area contributed by atoms with Crippen molar-refractivity contribution in [1.82, 2.24) is 9.88 Å². The number of benzene rings is 1. The fourth-order valence-corrected chi connectivity index (χ4v) is 5.41. The number of aromatic nitrogens is 1. The number of hydrogen-bond acceptors (Lipinski definition) is 5. The van der Waals surface area contributed by atoms with E-state index in [2.05, 4.69) is 68.8 Å². The Morgan fingerprint density at radius 3 is 2.54 bits per heavy atom. The molecule has 2 heterocycles. The van der Waals surface area contributed by atoms with Gasteiger partial charge in [-0.15, -0.1) is 11.8 Å². The van der Waals surface area contributed by atoms with Crippen LogP contribution in [0, 0.1) is 12.8 Å². The molecule has 0 amide bonds. The van der Waals surface area contributed by atoms with E-state index in [1.54, 1.807) is 17.8 Å². The lowest BCUT2D eigenvalue weighted by Crippen LogP contribution is -2.18. The molecule has 1 aliphatic heterocycles. The number of nitrogen functional groups attached to an aromatic ring is 1. The van der Waals surface area contributed by atoms with Crippen LogP contribution in [-0.4, -0.2) is 34.3 Å². The second-order valence-corrected chi connectivity index (χ2v) is 10.4. The summed E-state index contributed by atoms with van der Waals surface area (Å²) in [5, 5.41) is 1.09. The number of aliphatic imine (C=N–C) groups is 1. The van der Waals surface area contributed by atoms with Crippen LogP contribution in [0.25, 0.3) is 6.08 Å². The summed E-state index contributed by atoms with van der Waals surface area (Å²) in [7, 11) is 0. The average Bonchev–Trinajstić information content (AvgIpc) is 3.36. The summed E-state index contributed by atoms with van der Waals surface area (Å²) >= 11 is 1.70. The molecule has 5 heteroatoms. The molecule has 0 aliphatic carbocycles. The number of allylic oxidation sites excluding steroid dienone is 2. The van der Waals surface area contributed by atoms with Crippen molar-refractivity contribution in [2.45, 2.75) is 65.8 Å². The van der Waals surface area contributed by atoms with E-state index in [0.29, 0.717) is 11.7 Å². The zero-order valence-electron chi connectivity index (χ0n) is 22.0. The van der Waals surface area contributed by atoms with Gasteiger partial charge in [0.25, 0.3) is 0 Å². The monoisotopic (exact) mass is 490 g/mol. The van der Waals surface area contributed by atoms with Gasteiger partial charge in [0, 0.05) is 18.0 Å². The van der Waals surface area contributed by atoms with Crippen LogP contribution in [0.3, 0.4) is 0 Å². The van der Waals surface area contributed by atoms with Crippen LogP contribution in [0.2, 0.25) is 0 Å². The standard InChI is InChI=1S/C30H42N4S/c1-6-8-12-26-23(4)28(29(31)32-27(26)13-9-7-2)33-30(35-5)22(3)20-24-14-16-25(17-15-24)21-34-18-10-11-19-34/h6,8,12,14-17,22H,1,7,9-11,13,18-21H2,2-5H3,(H2,31,32)/b12-8-,33-30+. The van der Waals surface area contributed by atoms with E-state index in [9.17, 15) is 0 Å². The fourth-order valence-electron chi connectivity index (χ4n) is 4.74. The second kappa shape index (κ2) is 13.6. The summed E-state index contributed by atoms with van der Waals surface area (Å²) in [5.41, 5.74) is 13.3. The van der Waals surface area contributed by atoms with Crippen LogP contribution >= 0.6 is 11.8 Å². The van der Waals surface area contributed by atoms with E-state index < -0.39 is 0 Å². The van der Waals surface area contributed by atoms with Gasteiger partial charge in [0.1, 0.15) is 11.5 Å². The molecule has 2 aromatic rings. The molecule has 0 saturated carbocycles. The molecule has 1 aromatic carbocycles. The minimum atomic E-state index is 0.292. The van der Waals surface area contributed by atoms with Crippen molar-refractivity contribution in [3.05, 3.63) is 70.9 Å². The molecule has 4 nitrogen and oxygen atoms in total. The van der Waals surface area contributed by atoms with Gasteiger partial charge in [-0.25, -0.2) is 9.98 Å². The SMILES string of the molecule is C=C/C=C\c1c(CCCC)nc(N)c(/N=C(/SC)C(C)Cc2ccc(CN3CCCC3)cc2)c1C. The topological polar surface area (TPSA) is 54.5 Å². The van der Waals surface area contributed by atoms with E-state index in [-0.39, 0.29) is 0 Å². The van der Waals surface area contributed by atoms with Crippen LogP contribution in [0.5, 0.6) is 0 Å². The number of pyridine rings is 1. The number of nitrogens with two attached hydrogens (primary N) is 1. The molecule has 1 unspecified atom stereocenters. The largest absolute Gasteiger partial charge is 0.382 e. The van der Waals surface area contributed by atoms with E-state index in [1.165, 1.54) is 37.1 Å². The van der Waals surface area contributed by atoms with E-state index in [4.69, 9.17) is 15.7 Å². The first-order chi connectivity index (χ1) is 17.0. The molecule has 1 aromatic heterocycles. The van der Waals surface area contributed by atoms with Crippen molar-refractivity contribution in [2.24, 2.45) is 10.9 Å². The van der Waals surface area contributed by atoms with Crippen molar-refractivity contribution >= 4 is 34.4 Å². The number of nitrogens with zero attached hydrogens (tertiary/aromatic N) is 3.